The van der Waals surface area contributed by atoms with Crippen LogP contribution in [0.1, 0.15) is 68.7 Å². The van der Waals surface area contributed by atoms with Crippen molar-refractivity contribution in [2.45, 2.75) is 70.6 Å². The van der Waals surface area contributed by atoms with Crippen molar-refractivity contribution in [3.05, 3.63) is 81.7 Å². The smallest absolute Gasteiger partial charge is 0.388 e. The summed E-state index contributed by atoms with van der Waals surface area (Å²) in [5.74, 6) is -0.883. The summed E-state index contributed by atoms with van der Waals surface area (Å²) in [7, 11) is 0. The van der Waals surface area contributed by atoms with E-state index in [1.54, 1.807) is 19.1 Å². The van der Waals surface area contributed by atoms with Gasteiger partial charge in [0.1, 0.15) is 18.1 Å². The molecule has 0 saturated heterocycles. The lowest BCUT2D eigenvalue weighted by atomic mass is 9.98. The zero-order chi connectivity index (χ0) is 33.4. The Morgan fingerprint density at radius 1 is 1.13 bits per heavy atom. The fourth-order valence-electron chi connectivity index (χ4n) is 5.35. The van der Waals surface area contributed by atoms with Crippen molar-refractivity contribution in [2.75, 3.05) is 19.8 Å². The minimum Gasteiger partial charge on any atom is -0.388 e. The monoisotopic (exact) mass is 645 g/mol. The molecular weight excluding hydrogens is 605 g/mol. The lowest BCUT2D eigenvalue weighted by Crippen LogP contribution is -2.23. The number of aromatic nitrogens is 3. The van der Waals surface area contributed by atoms with Crippen LogP contribution in [0, 0.1) is 5.82 Å². The van der Waals surface area contributed by atoms with E-state index < -0.39 is 36.0 Å². The number of benzene rings is 2. The van der Waals surface area contributed by atoms with Gasteiger partial charge in [-0.15, -0.1) is 0 Å². The Morgan fingerprint density at radius 3 is 2.52 bits per heavy atom. The van der Waals surface area contributed by atoms with Crippen LogP contribution < -0.4 is 22.5 Å². The number of aliphatic imine (C=N–C) groups is 1. The number of fused-ring (bicyclic) bond motifs is 1. The molecule has 46 heavy (non-hydrogen) atoms. The fourth-order valence-corrected chi connectivity index (χ4v) is 5.35. The van der Waals surface area contributed by atoms with Crippen molar-refractivity contribution in [1.29, 1.82) is 0 Å². The lowest BCUT2D eigenvalue weighted by molar-refractivity contribution is -0.140. The number of alkyl halides is 4. The van der Waals surface area contributed by atoms with Gasteiger partial charge in [0.2, 0.25) is 0 Å². The largest absolute Gasteiger partial charge is 0.419 e. The van der Waals surface area contributed by atoms with Crippen LogP contribution in [0.2, 0.25) is 0 Å². The van der Waals surface area contributed by atoms with Gasteiger partial charge in [0.05, 0.1) is 22.8 Å². The number of rotatable bonds is 15. The molecule has 0 aliphatic heterocycles. The van der Waals surface area contributed by atoms with Crippen molar-refractivity contribution in [3.8, 4) is 16.9 Å². The zero-order valence-corrected chi connectivity index (χ0v) is 25.9. The van der Waals surface area contributed by atoms with Gasteiger partial charge in [-0.1, -0.05) is 25.5 Å². The number of hydrogen-bond donors (Lipinski definition) is 4. The quantitative estimate of drug-likeness (QED) is 0.0518. The number of halogens is 5. The van der Waals surface area contributed by atoms with Crippen LogP contribution >= 0.6 is 0 Å². The topological polar surface area (TPSA) is 127 Å². The Hall–Kier alpha value is -4.10. The Balaban J connectivity index is 1.61. The second kappa shape index (κ2) is 15.5. The lowest BCUT2D eigenvalue weighted by Gasteiger charge is -2.19. The summed E-state index contributed by atoms with van der Waals surface area (Å²) in [6, 6.07) is 10.4. The predicted octanol–water partition coefficient (Wildman–Crippen LogP) is 6.36. The Morgan fingerprint density at radius 2 is 1.87 bits per heavy atom. The highest BCUT2D eigenvalue weighted by atomic mass is 19.4. The number of nitrogens with two attached hydrogens (primary N) is 2. The molecule has 2 heterocycles. The summed E-state index contributed by atoms with van der Waals surface area (Å²) in [5.41, 5.74) is 10.9. The van der Waals surface area contributed by atoms with Gasteiger partial charge >= 0.3 is 11.9 Å². The predicted molar refractivity (Wildman–Crippen MR) is 171 cm³/mol. The average Bonchev–Trinajstić information content (AvgIpc) is 3.42. The number of hydrogen-bond acceptors (Lipinski definition) is 5. The second-order valence-corrected chi connectivity index (χ2v) is 11.5. The normalized spacial score (nSPS) is 13.8. The molecule has 0 fully saturated rings. The van der Waals surface area contributed by atoms with Gasteiger partial charge in [0, 0.05) is 35.8 Å². The van der Waals surface area contributed by atoms with Crippen LogP contribution in [0.15, 0.2) is 58.4 Å². The van der Waals surface area contributed by atoms with Crippen molar-refractivity contribution in [2.24, 2.45) is 16.5 Å². The molecule has 4 aromatic rings. The van der Waals surface area contributed by atoms with Gasteiger partial charge in [-0.3, -0.25) is 9.56 Å². The molecule has 13 heteroatoms. The summed E-state index contributed by atoms with van der Waals surface area (Å²) in [5, 5.41) is 3.96. The van der Waals surface area contributed by atoms with Gasteiger partial charge in [-0.05, 0) is 87.0 Å². The number of H-pyrrole nitrogens is 1. The van der Waals surface area contributed by atoms with Crippen LogP contribution in [0.25, 0.3) is 28.0 Å². The first-order chi connectivity index (χ1) is 21.9. The SMILES string of the molecule is CCCC(NCCCN=C(C)N)c1ccc(-n2cc3cc(-c4cc(CCCC(N)CF)cc(C(F)(F)F)c4F)[nH]c3nc2=O)cc1. The molecule has 0 saturated carbocycles. The van der Waals surface area contributed by atoms with E-state index >= 15 is 4.39 Å². The molecule has 2 aromatic carbocycles. The summed E-state index contributed by atoms with van der Waals surface area (Å²) in [4.78, 5) is 24.1. The van der Waals surface area contributed by atoms with E-state index in [4.69, 9.17) is 11.5 Å². The van der Waals surface area contributed by atoms with E-state index in [0.29, 0.717) is 29.9 Å². The first-order valence-electron chi connectivity index (χ1n) is 15.4. The van der Waals surface area contributed by atoms with Crippen LogP contribution in [0.4, 0.5) is 22.0 Å². The average molecular weight is 646 g/mol. The molecule has 2 aromatic heterocycles. The van der Waals surface area contributed by atoms with E-state index in [9.17, 15) is 22.4 Å². The maximum Gasteiger partial charge on any atom is 0.419 e. The highest BCUT2D eigenvalue weighted by Crippen LogP contribution is 2.37. The number of amidine groups is 1. The molecule has 2 atom stereocenters. The molecule has 0 spiro atoms. The van der Waals surface area contributed by atoms with Gasteiger partial charge < -0.3 is 21.8 Å². The van der Waals surface area contributed by atoms with Crippen LogP contribution in [0.3, 0.4) is 0 Å². The van der Waals surface area contributed by atoms with Crippen LogP contribution in [-0.4, -0.2) is 46.2 Å². The third-order valence-electron chi connectivity index (χ3n) is 7.71. The molecule has 0 aliphatic carbocycles. The third kappa shape index (κ3) is 8.79. The van der Waals surface area contributed by atoms with Crippen molar-refractivity contribution in [1.82, 2.24) is 19.9 Å². The van der Waals surface area contributed by atoms with E-state index in [1.807, 2.05) is 12.1 Å². The van der Waals surface area contributed by atoms with Gasteiger partial charge in [-0.25, -0.2) is 13.6 Å². The van der Waals surface area contributed by atoms with Gasteiger partial charge in [0.15, 0.2) is 0 Å². The molecule has 6 N–H and O–H groups in total. The minimum atomic E-state index is -4.93. The Kier molecular flexibility index (Phi) is 11.7. The number of nitrogens with one attached hydrogen (secondary N) is 2. The van der Waals surface area contributed by atoms with Crippen molar-refractivity contribution in [3.63, 3.8) is 0 Å². The first kappa shape index (κ1) is 34.8. The molecule has 0 amide bonds. The fraction of sp³-hybridized carbons (Fsp3) is 0.424. The van der Waals surface area contributed by atoms with E-state index in [1.165, 1.54) is 22.9 Å². The Bertz CT molecular complexity index is 1690. The summed E-state index contributed by atoms with van der Waals surface area (Å²) < 4.78 is 70.7. The van der Waals surface area contributed by atoms with E-state index in [-0.39, 0.29) is 41.4 Å². The third-order valence-corrected chi connectivity index (χ3v) is 7.71. The molecular formula is C33H40F5N7O. The molecule has 0 aliphatic rings. The molecule has 0 radical (unpaired) electrons. The number of nitrogens with zero attached hydrogens (tertiary/aromatic N) is 3. The van der Waals surface area contributed by atoms with Gasteiger partial charge in [0.25, 0.3) is 0 Å². The highest BCUT2D eigenvalue weighted by molar-refractivity contribution is 5.83. The summed E-state index contributed by atoms with van der Waals surface area (Å²) in [6.45, 7) is 4.53. The maximum absolute atomic E-state index is 15.3. The van der Waals surface area contributed by atoms with Crippen LogP contribution in [0.5, 0.6) is 0 Å². The van der Waals surface area contributed by atoms with E-state index in [0.717, 1.165) is 37.4 Å². The highest BCUT2D eigenvalue weighted by Gasteiger charge is 2.36. The van der Waals surface area contributed by atoms with Crippen molar-refractivity contribution < 1.29 is 22.0 Å². The van der Waals surface area contributed by atoms with Crippen LogP contribution in [-0.2, 0) is 12.6 Å². The Labute approximate surface area is 264 Å². The van der Waals surface area contributed by atoms with Crippen molar-refractivity contribution >= 4 is 16.9 Å². The van der Waals surface area contributed by atoms with E-state index in [2.05, 4.69) is 27.2 Å². The molecule has 248 valence electrons. The molecule has 2 unspecified atom stereocenters. The molecule has 8 nitrogen and oxygen atoms in total. The zero-order valence-electron chi connectivity index (χ0n) is 25.9. The number of aromatic amines is 1. The van der Waals surface area contributed by atoms with Gasteiger partial charge in [-0.2, -0.15) is 18.2 Å². The molecule has 4 rings (SSSR count). The summed E-state index contributed by atoms with van der Waals surface area (Å²) in [6.07, 6.45) is 0.0661. The minimum absolute atomic E-state index is 0.0427. The molecule has 0 bridgehead atoms. The summed E-state index contributed by atoms with van der Waals surface area (Å²) >= 11 is 0. The number of aryl methyl sites for hydroxylation is 1. The second-order valence-electron chi connectivity index (χ2n) is 11.5. The first-order valence-corrected chi connectivity index (χ1v) is 15.4. The standard InChI is InChI=1S/C33H40F5N7O/c1-3-6-28(42-14-5-13-41-20(2)39)22-9-11-25(12-10-22)45-19-23-17-29(43-31(23)44-32(45)46)26-15-21(7-4-8-24(40)18-34)16-27(30(26)35)33(36,37)38/h9-12,15-17,19,24,28,42H,3-8,13-14,18,40H2,1-2H3,(H2,39,41)(H,43,44,46). The maximum atomic E-state index is 15.3.